The third kappa shape index (κ3) is 3.04. The van der Waals surface area contributed by atoms with Crippen LogP contribution in [-0.4, -0.2) is 35.4 Å². The highest BCUT2D eigenvalue weighted by molar-refractivity contribution is 7.99. The van der Waals surface area contributed by atoms with Crippen molar-refractivity contribution in [1.29, 1.82) is 0 Å². The normalized spacial score (nSPS) is 19.7. The van der Waals surface area contributed by atoms with Gasteiger partial charge in [0, 0.05) is 17.9 Å². The Morgan fingerprint density at radius 1 is 1.42 bits per heavy atom. The molecule has 1 atom stereocenters. The van der Waals surface area contributed by atoms with Crippen LogP contribution >= 0.6 is 11.8 Å². The number of H-pyrrole nitrogens is 1. The largest absolute Gasteiger partial charge is 0.497 e. The molecule has 0 spiro atoms. The van der Waals surface area contributed by atoms with Crippen LogP contribution in [0.25, 0.3) is 11.0 Å². The molecular weight excluding hydrogens is 258 g/mol. The number of aromatic nitrogens is 2. The summed E-state index contributed by atoms with van der Waals surface area (Å²) in [6.45, 7) is 1.16. The van der Waals surface area contributed by atoms with Gasteiger partial charge in [-0.3, -0.25) is 0 Å². The summed E-state index contributed by atoms with van der Waals surface area (Å²) in [5.74, 6) is 1.94. The zero-order valence-electron chi connectivity index (χ0n) is 11.1. The lowest BCUT2D eigenvalue weighted by Crippen LogP contribution is -2.35. The number of piperidine rings is 1. The van der Waals surface area contributed by atoms with Crippen molar-refractivity contribution in [3.05, 3.63) is 18.2 Å². The van der Waals surface area contributed by atoms with E-state index in [0.29, 0.717) is 6.04 Å². The molecule has 3 rings (SSSR count). The first kappa shape index (κ1) is 12.8. The molecule has 0 aliphatic carbocycles. The van der Waals surface area contributed by atoms with Gasteiger partial charge in [-0.25, -0.2) is 4.98 Å². The van der Waals surface area contributed by atoms with Gasteiger partial charge >= 0.3 is 0 Å². The van der Waals surface area contributed by atoms with Crippen molar-refractivity contribution in [2.24, 2.45) is 0 Å². The lowest BCUT2D eigenvalue weighted by atomic mass is 10.1. The third-order valence-electron chi connectivity index (χ3n) is 3.50. The second-order valence-electron chi connectivity index (χ2n) is 4.88. The van der Waals surface area contributed by atoms with Gasteiger partial charge in [-0.05, 0) is 31.5 Å². The fourth-order valence-electron chi connectivity index (χ4n) is 2.41. The second-order valence-corrected chi connectivity index (χ2v) is 5.89. The first-order valence-electron chi connectivity index (χ1n) is 6.75. The van der Waals surface area contributed by atoms with E-state index in [2.05, 4.69) is 15.3 Å². The second kappa shape index (κ2) is 5.84. The maximum atomic E-state index is 5.22. The van der Waals surface area contributed by atoms with Crippen LogP contribution in [0.4, 0.5) is 0 Å². The number of nitrogens with one attached hydrogen (secondary N) is 2. The van der Waals surface area contributed by atoms with Crippen LogP contribution in [0.1, 0.15) is 19.3 Å². The van der Waals surface area contributed by atoms with Crippen LogP contribution in [0, 0.1) is 0 Å². The lowest BCUT2D eigenvalue weighted by Gasteiger charge is -2.22. The number of ether oxygens (including phenoxy) is 1. The topological polar surface area (TPSA) is 49.9 Å². The van der Waals surface area contributed by atoms with Crippen LogP contribution in [0.15, 0.2) is 23.4 Å². The summed E-state index contributed by atoms with van der Waals surface area (Å²) in [5.41, 5.74) is 2.04. The number of methoxy groups -OCH3 is 1. The van der Waals surface area contributed by atoms with Crippen molar-refractivity contribution in [3.63, 3.8) is 0 Å². The smallest absolute Gasteiger partial charge is 0.166 e. The van der Waals surface area contributed by atoms with E-state index in [4.69, 9.17) is 4.74 Å². The Morgan fingerprint density at radius 2 is 2.37 bits per heavy atom. The minimum absolute atomic E-state index is 0.626. The van der Waals surface area contributed by atoms with Crippen LogP contribution in [0.5, 0.6) is 5.75 Å². The zero-order chi connectivity index (χ0) is 13.1. The number of aromatic amines is 1. The third-order valence-corrected chi connectivity index (χ3v) is 4.54. The summed E-state index contributed by atoms with van der Waals surface area (Å²) >= 11 is 1.80. The summed E-state index contributed by atoms with van der Waals surface area (Å²) < 4.78 is 5.22. The number of thioether (sulfide) groups is 1. The van der Waals surface area contributed by atoms with Crippen molar-refractivity contribution < 1.29 is 4.74 Å². The zero-order valence-corrected chi connectivity index (χ0v) is 11.9. The summed E-state index contributed by atoms with van der Waals surface area (Å²) in [7, 11) is 1.68. The van der Waals surface area contributed by atoms with Crippen molar-refractivity contribution >= 4 is 22.8 Å². The fourth-order valence-corrected chi connectivity index (χ4v) is 3.40. The molecule has 0 radical (unpaired) electrons. The van der Waals surface area contributed by atoms with Gasteiger partial charge in [0.05, 0.1) is 18.1 Å². The maximum absolute atomic E-state index is 5.22. The van der Waals surface area contributed by atoms with E-state index >= 15 is 0 Å². The number of fused-ring (bicyclic) bond motifs is 1. The summed E-state index contributed by atoms with van der Waals surface area (Å²) in [6.07, 6.45) is 3.93. The van der Waals surface area contributed by atoms with E-state index < -0.39 is 0 Å². The molecule has 1 saturated heterocycles. The molecule has 19 heavy (non-hydrogen) atoms. The Balaban J connectivity index is 1.67. The standard InChI is InChI=1S/C14H19N3OS/c1-18-11-5-6-12-13(8-11)17-14(16-12)19-9-10-4-2-3-7-15-10/h5-6,8,10,15H,2-4,7,9H2,1H3,(H,16,17). The molecule has 2 N–H and O–H groups in total. The maximum Gasteiger partial charge on any atom is 0.166 e. The summed E-state index contributed by atoms with van der Waals surface area (Å²) in [6, 6.07) is 6.56. The molecule has 1 unspecified atom stereocenters. The van der Waals surface area contributed by atoms with E-state index in [-0.39, 0.29) is 0 Å². The molecule has 0 bridgehead atoms. The Bertz CT molecular complexity index is 549. The highest BCUT2D eigenvalue weighted by atomic mass is 32.2. The molecule has 2 aromatic rings. The van der Waals surface area contributed by atoms with Crippen molar-refractivity contribution in [2.45, 2.75) is 30.5 Å². The van der Waals surface area contributed by atoms with Gasteiger partial charge < -0.3 is 15.0 Å². The minimum Gasteiger partial charge on any atom is -0.497 e. The number of benzene rings is 1. The monoisotopic (exact) mass is 277 g/mol. The van der Waals surface area contributed by atoms with E-state index in [1.165, 1.54) is 19.3 Å². The molecular formula is C14H19N3OS. The van der Waals surface area contributed by atoms with Crippen molar-refractivity contribution in [3.8, 4) is 5.75 Å². The van der Waals surface area contributed by atoms with Crippen LogP contribution in [0.3, 0.4) is 0 Å². The highest BCUT2D eigenvalue weighted by Gasteiger charge is 2.13. The lowest BCUT2D eigenvalue weighted by molar-refractivity contribution is 0.415. The Hall–Kier alpha value is -1.20. The Kier molecular flexibility index (Phi) is 3.94. The van der Waals surface area contributed by atoms with Crippen LogP contribution in [-0.2, 0) is 0 Å². The van der Waals surface area contributed by atoms with Crippen LogP contribution < -0.4 is 10.1 Å². The fraction of sp³-hybridized carbons (Fsp3) is 0.500. The molecule has 5 heteroatoms. The van der Waals surface area contributed by atoms with Crippen molar-refractivity contribution in [2.75, 3.05) is 19.4 Å². The molecule has 2 heterocycles. The number of imidazole rings is 1. The molecule has 0 amide bonds. The van der Waals surface area contributed by atoms with Crippen LogP contribution in [0.2, 0.25) is 0 Å². The molecule has 1 aromatic heterocycles. The predicted molar refractivity (Wildman–Crippen MR) is 79.0 cm³/mol. The van der Waals surface area contributed by atoms with Gasteiger partial charge in [-0.1, -0.05) is 18.2 Å². The van der Waals surface area contributed by atoms with Gasteiger partial charge in [0.2, 0.25) is 0 Å². The molecule has 4 nitrogen and oxygen atoms in total. The molecule has 1 fully saturated rings. The Labute approximate surface area is 117 Å². The molecule has 1 aliphatic heterocycles. The van der Waals surface area contributed by atoms with E-state index in [1.807, 2.05) is 18.2 Å². The highest BCUT2D eigenvalue weighted by Crippen LogP contribution is 2.24. The molecule has 0 saturated carbocycles. The number of hydrogen-bond acceptors (Lipinski definition) is 4. The predicted octanol–water partition coefficient (Wildman–Crippen LogP) is 2.81. The number of hydrogen-bond donors (Lipinski definition) is 2. The average molecular weight is 277 g/mol. The molecule has 1 aromatic carbocycles. The summed E-state index contributed by atoms with van der Waals surface area (Å²) in [4.78, 5) is 7.95. The SMILES string of the molecule is COc1ccc2nc(SCC3CCCCN3)[nH]c2c1. The van der Waals surface area contributed by atoms with E-state index in [0.717, 1.165) is 34.2 Å². The van der Waals surface area contributed by atoms with Gasteiger partial charge in [-0.15, -0.1) is 0 Å². The molecule has 102 valence electrons. The van der Waals surface area contributed by atoms with Gasteiger partial charge in [-0.2, -0.15) is 0 Å². The quantitative estimate of drug-likeness (QED) is 0.844. The van der Waals surface area contributed by atoms with Gasteiger partial charge in [0.25, 0.3) is 0 Å². The van der Waals surface area contributed by atoms with Gasteiger partial charge in [0.15, 0.2) is 5.16 Å². The first-order chi connectivity index (χ1) is 9.35. The van der Waals surface area contributed by atoms with E-state index in [9.17, 15) is 0 Å². The van der Waals surface area contributed by atoms with Gasteiger partial charge in [0.1, 0.15) is 5.75 Å². The Morgan fingerprint density at radius 3 is 3.16 bits per heavy atom. The van der Waals surface area contributed by atoms with Crippen molar-refractivity contribution in [1.82, 2.24) is 15.3 Å². The number of rotatable bonds is 4. The first-order valence-corrected chi connectivity index (χ1v) is 7.73. The molecule has 1 aliphatic rings. The minimum atomic E-state index is 0.626. The average Bonchev–Trinajstić information content (AvgIpc) is 2.88. The number of nitrogens with zero attached hydrogens (tertiary/aromatic N) is 1. The summed E-state index contributed by atoms with van der Waals surface area (Å²) in [5, 5.41) is 4.55. The van der Waals surface area contributed by atoms with E-state index in [1.54, 1.807) is 18.9 Å².